The van der Waals surface area contributed by atoms with Crippen molar-refractivity contribution in [1.29, 1.82) is 5.26 Å². The molecule has 0 spiro atoms. The number of nitrogens with zero attached hydrogens (tertiary/aromatic N) is 3. The zero-order valence-electron chi connectivity index (χ0n) is 14.8. The number of hydrogen-bond donors (Lipinski definition) is 2. The predicted molar refractivity (Wildman–Crippen MR) is 101 cm³/mol. The molecule has 0 aliphatic carbocycles. The van der Waals surface area contributed by atoms with Gasteiger partial charge in [-0.15, -0.1) is 0 Å². The van der Waals surface area contributed by atoms with Crippen molar-refractivity contribution < 1.29 is 12.8 Å². The molecule has 27 heavy (non-hydrogen) atoms. The van der Waals surface area contributed by atoms with Crippen molar-refractivity contribution in [3.8, 4) is 6.07 Å². The number of benzene rings is 2. The lowest BCUT2D eigenvalue weighted by molar-refractivity contribution is 0.458. The largest absolute Gasteiger partial charge is 0.369 e. The molecule has 9 heteroatoms. The molecular formula is C18H18FN5O2S. The van der Waals surface area contributed by atoms with Gasteiger partial charge in [0.2, 0.25) is 16.0 Å². The third kappa shape index (κ3) is 3.44. The van der Waals surface area contributed by atoms with Crippen LogP contribution in [0.15, 0.2) is 47.5 Å². The minimum atomic E-state index is -3.72. The van der Waals surface area contributed by atoms with E-state index < -0.39 is 27.1 Å². The first kappa shape index (κ1) is 18.7. The van der Waals surface area contributed by atoms with Crippen LogP contribution < -0.4 is 11.1 Å². The van der Waals surface area contributed by atoms with E-state index in [4.69, 9.17) is 5.73 Å². The van der Waals surface area contributed by atoms with Crippen LogP contribution in [0.2, 0.25) is 0 Å². The summed E-state index contributed by atoms with van der Waals surface area (Å²) >= 11 is 0. The Morgan fingerprint density at radius 2 is 2.04 bits per heavy atom. The third-order valence-electron chi connectivity index (χ3n) is 4.44. The highest BCUT2D eigenvalue weighted by molar-refractivity contribution is 7.89. The lowest BCUT2D eigenvalue weighted by atomic mass is 9.93. The van der Waals surface area contributed by atoms with Crippen LogP contribution in [0.25, 0.3) is 0 Å². The molecule has 1 heterocycles. The first-order valence-electron chi connectivity index (χ1n) is 8.04. The number of hydrogen-bond acceptors (Lipinski definition) is 6. The summed E-state index contributed by atoms with van der Waals surface area (Å²) in [4.78, 5) is 4.22. The van der Waals surface area contributed by atoms with Crippen molar-refractivity contribution in [2.75, 3.05) is 18.1 Å². The lowest BCUT2D eigenvalue weighted by Gasteiger charge is -2.34. The number of nitriles is 1. The van der Waals surface area contributed by atoms with Gasteiger partial charge in [-0.3, -0.25) is 0 Å². The third-order valence-corrected chi connectivity index (χ3v) is 6.39. The first-order valence-corrected chi connectivity index (χ1v) is 9.65. The fourth-order valence-corrected chi connectivity index (χ4v) is 4.40. The number of guanidine groups is 1. The molecule has 2 aromatic rings. The highest BCUT2D eigenvalue weighted by atomic mass is 32.2. The second-order valence-corrected chi connectivity index (χ2v) is 8.44. The average Bonchev–Trinajstić information content (AvgIpc) is 2.61. The van der Waals surface area contributed by atoms with Gasteiger partial charge in [0, 0.05) is 18.3 Å². The Bertz CT molecular complexity index is 1080. The second kappa shape index (κ2) is 6.55. The summed E-state index contributed by atoms with van der Waals surface area (Å²) in [5, 5.41) is 12.3. The van der Waals surface area contributed by atoms with Crippen LogP contribution in [0.4, 0.5) is 15.8 Å². The number of nitrogens with one attached hydrogen (secondary N) is 1. The number of rotatable bonds is 3. The van der Waals surface area contributed by atoms with E-state index >= 15 is 0 Å². The Balaban J connectivity index is 2.05. The van der Waals surface area contributed by atoms with Crippen molar-refractivity contribution in [3.63, 3.8) is 0 Å². The van der Waals surface area contributed by atoms with Gasteiger partial charge in [0.1, 0.15) is 17.4 Å². The normalized spacial score (nSPS) is 21.3. The molecular weight excluding hydrogens is 369 g/mol. The van der Waals surface area contributed by atoms with E-state index in [1.54, 1.807) is 24.3 Å². The molecule has 1 aliphatic heterocycles. The lowest BCUT2D eigenvalue weighted by Crippen LogP contribution is -2.50. The smallest absolute Gasteiger partial charge is 0.239 e. The molecule has 0 amide bonds. The molecule has 7 nitrogen and oxygen atoms in total. The summed E-state index contributed by atoms with van der Waals surface area (Å²) in [7, 11) is -2.41. The van der Waals surface area contributed by atoms with Gasteiger partial charge in [-0.05, 0) is 37.3 Å². The fourth-order valence-electron chi connectivity index (χ4n) is 2.95. The van der Waals surface area contributed by atoms with Crippen LogP contribution in [0.3, 0.4) is 0 Å². The molecule has 0 fully saturated rings. The SMILES string of the molecule is CN1C(N)=N[C@](C)(c2cc(Nc3ccccc3C#N)ccc2F)CS1(=O)=O. The minimum absolute atomic E-state index is 0.0987. The van der Waals surface area contributed by atoms with Crippen molar-refractivity contribution in [1.82, 2.24) is 4.31 Å². The van der Waals surface area contributed by atoms with Crippen molar-refractivity contribution in [2.24, 2.45) is 10.7 Å². The molecule has 3 N–H and O–H groups in total. The van der Waals surface area contributed by atoms with Gasteiger partial charge in [0.05, 0.1) is 17.0 Å². The molecule has 1 atom stereocenters. The minimum Gasteiger partial charge on any atom is -0.369 e. The maximum absolute atomic E-state index is 14.6. The number of aliphatic imine (C=N–C) groups is 1. The van der Waals surface area contributed by atoms with E-state index in [0.717, 1.165) is 4.31 Å². The van der Waals surface area contributed by atoms with Crippen molar-refractivity contribution >= 4 is 27.4 Å². The number of para-hydroxylation sites is 1. The van der Waals surface area contributed by atoms with E-state index in [0.29, 0.717) is 16.9 Å². The van der Waals surface area contributed by atoms with E-state index in [9.17, 15) is 18.1 Å². The fraction of sp³-hybridized carbons (Fsp3) is 0.222. The average molecular weight is 387 g/mol. The summed E-state index contributed by atoms with van der Waals surface area (Å²) in [6, 6.07) is 13.2. The number of halogens is 1. The summed E-state index contributed by atoms with van der Waals surface area (Å²) in [6.07, 6.45) is 0. The molecule has 0 aromatic heterocycles. The van der Waals surface area contributed by atoms with E-state index in [1.165, 1.54) is 32.2 Å². The van der Waals surface area contributed by atoms with E-state index in [-0.39, 0.29) is 11.5 Å². The Labute approximate surface area is 157 Å². The van der Waals surface area contributed by atoms with Crippen LogP contribution in [0.5, 0.6) is 0 Å². The first-order chi connectivity index (χ1) is 12.7. The Kier molecular flexibility index (Phi) is 4.53. The van der Waals surface area contributed by atoms with Crippen molar-refractivity contribution in [2.45, 2.75) is 12.5 Å². The molecule has 0 saturated carbocycles. The zero-order valence-corrected chi connectivity index (χ0v) is 15.6. The maximum Gasteiger partial charge on any atom is 0.239 e. The van der Waals surface area contributed by atoms with Gasteiger partial charge < -0.3 is 11.1 Å². The van der Waals surface area contributed by atoms with E-state index in [1.807, 2.05) is 0 Å². The van der Waals surface area contributed by atoms with Crippen LogP contribution in [-0.4, -0.2) is 31.5 Å². The molecule has 2 aromatic carbocycles. The summed E-state index contributed by atoms with van der Waals surface area (Å²) in [5.41, 5.74) is 5.96. The summed E-state index contributed by atoms with van der Waals surface area (Å²) < 4.78 is 40.1. The zero-order chi connectivity index (χ0) is 19.8. The molecule has 0 radical (unpaired) electrons. The van der Waals surface area contributed by atoms with Crippen LogP contribution in [-0.2, 0) is 15.6 Å². The van der Waals surface area contributed by atoms with E-state index in [2.05, 4.69) is 16.4 Å². The van der Waals surface area contributed by atoms with Gasteiger partial charge in [-0.25, -0.2) is 22.1 Å². The molecule has 1 aliphatic rings. The van der Waals surface area contributed by atoms with Gasteiger partial charge in [0.15, 0.2) is 0 Å². The Morgan fingerprint density at radius 1 is 1.33 bits per heavy atom. The molecule has 0 unspecified atom stereocenters. The van der Waals surface area contributed by atoms with Crippen LogP contribution in [0.1, 0.15) is 18.1 Å². The predicted octanol–water partition coefficient (Wildman–Crippen LogP) is 2.25. The molecule has 0 saturated heterocycles. The standard InChI is InChI=1S/C18H18FN5O2S/c1-18(11-27(25,26)24(2)17(21)23-18)14-9-13(7-8-15(14)19)22-16-6-4-3-5-12(16)10-20/h3-9,22H,11H2,1-2H3,(H2,21,23)/t18-/m0/s1. The monoisotopic (exact) mass is 387 g/mol. The quantitative estimate of drug-likeness (QED) is 0.839. The highest BCUT2D eigenvalue weighted by Crippen LogP contribution is 2.35. The maximum atomic E-state index is 14.6. The number of sulfonamides is 1. The van der Waals surface area contributed by atoms with Crippen molar-refractivity contribution in [3.05, 3.63) is 59.4 Å². The Hall–Kier alpha value is -3.12. The Morgan fingerprint density at radius 3 is 2.70 bits per heavy atom. The number of nitrogens with two attached hydrogens (primary N) is 1. The molecule has 3 rings (SSSR count). The van der Waals surface area contributed by atoms with Gasteiger partial charge in [0.25, 0.3) is 0 Å². The van der Waals surface area contributed by atoms with Gasteiger partial charge >= 0.3 is 0 Å². The topological polar surface area (TPSA) is 112 Å². The summed E-state index contributed by atoms with van der Waals surface area (Å²) in [6.45, 7) is 1.52. The van der Waals surface area contributed by atoms with Gasteiger partial charge in [-0.1, -0.05) is 12.1 Å². The molecule has 0 bridgehead atoms. The van der Waals surface area contributed by atoms with Crippen LogP contribution in [0, 0.1) is 17.1 Å². The van der Waals surface area contributed by atoms with Crippen LogP contribution >= 0.6 is 0 Å². The molecule has 140 valence electrons. The highest BCUT2D eigenvalue weighted by Gasteiger charge is 2.41. The summed E-state index contributed by atoms with van der Waals surface area (Å²) in [5.74, 6) is -1.20. The second-order valence-electron chi connectivity index (χ2n) is 6.44. The number of anilines is 2. The van der Waals surface area contributed by atoms with Gasteiger partial charge in [-0.2, -0.15) is 5.26 Å².